The van der Waals surface area contributed by atoms with E-state index >= 15 is 0 Å². The van der Waals surface area contributed by atoms with Crippen LogP contribution in [0.2, 0.25) is 0 Å². The van der Waals surface area contributed by atoms with E-state index in [0.29, 0.717) is 6.07 Å². The second-order valence-electron chi connectivity index (χ2n) is 3.87. The standard InChI is InChI=1S/C11H11F2NO6/c1-20-10(16)4-9(15)11(17)5-2-8(14(18)19)7(13)3-6(5)12/h2-3,9,11,15,17H,4H2,1H3. The van der Waals surface area contributed by atoms with E-state index in [1.165, 1.54) is 0 Å². The van der Waals surface area contributed by atoms with E-state index in [4.69, 9.17) is 0 Å². The third kappa shape index (κ3) is 3.45. The van der Waals surface area contributed by atoms with Crippen LogP contribution in [0.15, 0.2) is 12.1 Å². The number of hydrogen-bond donors (Lipinski definition) is 2. The molecule has 0 saturated heterocycles. The van der Waals surface area contributed by atoms with Gasteiger partial charge in [-0.1, -0.05) is 0 Å². The monoisotopic (exact) mass is 291 g/mol. The SMILES string of the molecule is COC(=O)CC(O)C(O)c1cc([N+](=O)[O-])c(F)cc1F. The van der Waals surface area contributed by atoms with Crippen LogP contribution in [0.4, 0.5) is 14.5 Å². The van der Waals surface area contributed by atoms with E-state index in [1.807, 2.05) is 0 Å². The summed E-state index contributed by atoms with van der Waals surface area (Å²) >= 11 is 0. The number of carbonyl (C=O) groups excluding carboxylic acids is 1. The normalized spacial score (nSPS) is 13.7. The summed E-state index contributed by atoms with van der Waals surface area (Å²) in [6.07, 6.45) is -4.34. The summed E-state index contributed by atoms with van der Waals surface area (Å²) in [5.74, 6) is -3.55. The number of methoxy groups -OCH3 is 1. The molecule has 7 nitrogen and oxygen atoms in total. The predicted molar refractivity (Wildman–Crippen MR) is 60.6 cm³/mol. The summed E-state index contributed by atoms with van der Waals surface area (Å²) < 4.78 is 30.8. The zero-order valence-corrected chi connectivity index (χ0v) is 10.2. The molecule has 0 spiro atoms. The Morgan fingerprint density at radius 2 is 2.00 bits per heavy atom. The molecule has 0 aromatic heterocycles. The summed E-state index contributed by atoms with van der Waals surface area (Å²) in [5.41, 5.74) is -1.74. The molecular weight excluding hydrogens is 280 g/mol. The average molecular weight is 291 g/mol. The maximum absolute atomic E-state index is 13.5. The first-order valence-electron chi connectivity index (χ1n) is 5.34. The first-order chi connectivity index (χ1) is 9.27. The lowest BCUT2D eigenvalue weighted by atomic mass is 10.0. The summed E-state index contributed by atoms with van der Waals surface area (Å²) in [6, 6.07) is 0.692. The Hall–Kier alpha value is -2.13. The molecular formula is C11H11F2NO6. The molecule has 0 radical (unpaired) electrons. The number of rotatable bonds is 5. The van der Waals surface area contributed by atoms with Crippen molar-refractivity contribution in [2.24, 2.45) is 0 Å². The van der Waals surface area contributed by atoms with Crippen LogP contribution in [-0.2, 0) is 9.53 Å². The van der Waals surface area contributed by atoms with Crippen LogP contribution < -0.4 is 0 Å². The number of aliphatic hydroxyl groups excluding tert-OH is 2. The molecule has 2 unspecified atom stereocenters. The Kier molecular flexibility index (Phi) is 5.06. The highest BCUT2D eigenvalue weighted by molar-refractivity contribution is 5.69. The van der Waals surface area contributed by atoms with Crippen LogP contribution in [-0.4, -0.2) is 34.3 Å². The van der Waals surface area contributed by atoms with Crippen LogP contribution in [0.1, 0.15) is 18.1 Å². The van der Waals surface area contributed by atoms with Crippen LogP contribution in [0.25, 0.3) is 0 Å². The largest absolute Gasteiger partial charge is 0.469 e. The number of nitro groups is 1. The van der Waals surface area contributed by atoms with Crippen molar-refractivity contribution < 1.29 is 33.4 Å². The minimum absolute atomic E-state index is 0.224. The number of carbonyl (C=O) groups is 1. The molecule has 1 aromatic carbocycles. The molecule has 0 aliphatic rings. The summed E-state index contributed by atoms with van der Waals surface area (Å²) in [7, 11) is 1.05. The quantitative estimate of drug-likeness (QED) is 0.472. The number of aliphatic hydroxyl groups is 2. The Labute approximate surface area is 111 Å². The van der Waals surface area contributed by atoms with E-state index < -0.39 is 52.4 Å². The third-order valence-electron chi connectivity index (χ3n) is 2.55. The van der Waals surface area contributed by atoms with Gasteiger partial charge in [-0.15, -0.1) is 0 Å². The first-order valence-corrected chi connectivity index (χ1v) is 5.34. The van der Waals surface area contributed by atoms with Gasteiger partial charge >= 0.3 is 11.7 Å². The van der Waals surface area contributed by atoms with Crippen LogP contribution in [0, 0.1) is 21.7 Å². The molecule has 0 bridgehead atoms. The number of hydrogen-bond acceptors (Lipinski definition) is 6. The van der Waals surface area contributed by atoms with Crippen molar-refractivity contribution >= 4 is 11.7 Å². The minimum Gasteiger partial charge on any atom is -0.469 e. The van der Waals surface area contributed by atoms with Crippen molar-refractivity contribution in [3.8, 4) is 0 Å². The number of nitro benzene ring substituents is 1. The highest BCUT2D eigenvalue weighted by Gasteiger charge is 2.28. The topological polar surface area (TPSA) is 110 Å². The average Bonchev–Trinajstić information content (AvgIpc) is 2.37. The predicted octanol–water partition coefficient (Wildman–Crippen LogP) is 0.830. The van der Waals surface area contributed by atoms with E-state index in [9.17, 15) is 33.9 Å². The zero-order valence-electron chi connectivity index (χ0n) is 10.2. The first kappa shape index (κ1) is 15.9. The Morgan fingerprint density at radius 1 is 1.40 bits per heavy atom. The van der Waals surface area contributed by atoms with Gasteiger partial charge in [-0.25, -0.2) is 4.39 Å². The maximum Gasteiger partial charge on any atom is 0.308 e. The lowest BCUT2D eigenvalue weighted by Crippen LogP contribution is -2.23. The molecule has 0 fully saturated rings. The number of esters is 1. The van der Waals surface area contributed by atoms with Gasteiger partial charge in [0.2, 0.25) is 5.82 Å². The second kappa shape index (κ2) is 6.35. The molecule has 0 aliphatic heterocycles. The van der Waals surface area contributed by atoms with E-state index in [2.05, 4.69) is 4.74 Å². The smallest absolute Gasteiger partial charge is 0.308 e. The molecule has 2 N–H and O–H groups in total. The molecule has 1 aromatic rings. The van der Waals surface area contributed by atoms with Crippen LogP contribution in [0.3, 0.4) is 0 Å². The number of ether oxygens (including phenoxy) is 1. The maximum atomic E-state index is 13.5. The molecule has 2 atom stereocenters. The van der Waals surface area contributed by atoms with Gasteiger partial charge in [-0.05, 0) is 0 Å². The van der Waals surface area contributed by atoms with Crippen LogP contribution >= 0.6 is 0 Å². The van der Waals surface area contributed by atoms with Crippen molar-refractivity contribution in [2.45, 2.75) is 18.6 Å². The van der Waals surface area contributed by atoms with Gasteiger partial charge in [0.15, 0.2) is 0 Å². The summed E-state index contributed by atoms with van der Waals surface area (Å²) in [6.45, 7) is 0. The van der Waals surface area contributed by atoms with E-state index in [0.717, 1.165) is 7.11 Å². The minimum atomic E-state index is -1.94. The van der Waals surface area contributed by atoms with Gasteiger partial charge in [0.05, 0.1) is 24.6 Å². The van der Waals surface area contributed by atoms with Crippen molar-refractivity contribution in [1.82, 2.24) is 0 Å². The molecule has 1 rings (SSSR count). The van der Waals surface area contributed by atoms with Crippen molar-refractivity contribution in [2.75, 3.05) is 7.11 Å². The lowest BCUT2D eigenvalue weighted by molar-refractivity contribution is -0.387. The van der Waals surface area contributed by atoms with Crippen molar-refractivity contribution in [3.05, 3.63) is 39.4 Å². The van der Waals surface area contributed by atoms with Gasteiger partial charge in [0, 0.05) is 17.7 Å². The Balaban J connectivity index is 3.09. The number of benzene rings is 1. The number of nitrogens with zero attached hydrogens (tertiary/aromatic N) is 1. The Bertz CT molecular complexity index is 536. The molecule has 0 aliphatic carbocycles. The highest BCUT2D eigenvalue weighted by atomic mass is 19.1. The molecule has 0 heterocycles. The van der Waals surface area contributed by atoms with E-state index in [-0.39, 0.29) is 6.07 Å². The molecule has 110 valence electrons. The molecule has 0 amide bonds. The van der Waals surface area contributed by atoms with Crippen molar-refractivity contribution in [3.63, 3.8) is 0 Å². The van der Waals surface area contributed by atoms with Gasteiger partial charge in [-0.3, -0.25) is 14.9 Å². The summed E-state index contributed by atoms with van der Waals surface area (Å²) in [5, 5.41) is 29.7. The van der Waals surface area contributed by atoms with E-state index in [1.54, 1.807) is 0 Å². The molecule has 20 heavy (non-hydrogen) atoms. The molecule has 0 saturated carbocycles. The van der Waals surface area contributed by atoms with Gasteiger partial charge < -0.3 is 14.9 Å². The van der Waals surface area contributed by atoms with Crippen LogP contribution in [0.5, 0.6) is 0 Å². The molecule has 9 heteroatoms. The second-order valence-corrected chi connectivity index (χ2v) is 3.87. The Morgan fingerprint density at radius 3 is 2.50 bits per heavy atom. The fraction of sp³-hybridized carbons (Fsp3) is 0.364. The van der Waals surface area contributed by atoms with Gasteiger partial charge in [0.1, 0.15) is 11.9 Å². The highest BCUT2D eigenvalue weighted by Crippen LogP contribution is 2.28. The lowest BCUT2D eigenvalue weighted by Gasteiger charge is -2.17. The number of halogens is 2. The fourth-order valence-corrected chi connectivity index (χ4v) is 1.49. The zero-order chi connectivity index (χ0) is 15.4. The fourth-order valence-electron chi connectivity index (χ4n) is 1.49. The summed E-state index contributed by atoms with van der Waals surface area (Å²) in [4.78, 5) is 20.3. The van der Waals surface area contributed by atoms with Gasteiger partial charge in [-0.2, -0.15) is 4.39 Å². The van der Waals surface area contributed by atoms with Crippen molar-refractivity contribution in [1.29, 1.82) is 0 Å². The third-order valence-corrected chi connectivity index (χ3v) is 2.55. The van der Waals surface area contributed by atoms with Gasteiger partial charge in [0.25, 0.3) is 0 Å².